The van der Waals surface area contributed by atoms with Crippen molar-refractivity contribution in [3.63, 3.8) is 0 Å². The van der Waals surface area contributed by atoms with Crippen LogP contribution in [0.4, 0.5) is 0 Å². The lowest BCUT2D eigenvalue weighted by Crippen LogP contribution is -2.39. The summed E-state index contributed by atoms with van der Waals surface area (Å²) in [6.45, 7) is 2.13. The van der Waals surface area contributed by atoms with Gasteiger partial charge in [-0.2, -0.15) is 0 Å². The number of carbonyl (C=O) groups excluding carboxylic acids is 1. The summed E-state index contributed by atoms with van der Waals surface area (Å²) in [4.78, 5) is 22.2. The Kier molecular flexibility index (Phi) is 5.37. The molecule has 17 heavy (non-hydrogen) atoms. The first-order chi connectivity index (χ1) is 8.04. The second-order valence-corrected chi connectivity index (χ2v) is 4.22. The zero-order valence-corrected chi connectivity index (χ0v) is 9.89. The van der Waals surface area contributed by atoms with Crippen molar-refractivity contribution in [1.82, 2.24) is 5.32 Å². The summed E-state index contributed by atoms with van der Waals surface area (Å²) in [6.07, 6.45) is 0.0935. The summed E-state index contributed by atoms with van der Waals surface area (Å²) in [7, 11) is 0. The van der Waals surface area contributed by atoms with Crippen LogP contribution < -0.4 is 5.32 Å². The highest BCUT2D eigenvalue weighted by atomic mass is 16.5. The number of hydrogen-bond acceptors (Lipinski definition) is 4. The maximum absolute atomic E-state index is 11.6. The first-order valence-electron chi connectivity index (χ1n) is 5.88. The average Bonchev–Trinajstić information content (AvgIpc) is 2.75. The van der Waals surface area contributed by atoms with E-state index in [1.807, 2.05) is 6.92 Å². The summed E-state index contributed by atoms with van der Waals surface area (Å²) in [5.74, 6) is -1.38. The molecule has 0 aromatic carbocycles. The molecule has 1 heterocycles. The number of ether oxygens (including phenoxy) is 1. The van der Waals surface area contributed by atoms with Gasteiger partial charge in [0.25, 0.3) is 0 Å². The van der Waals surface area contributed by atoms with Crippen LogP contribution in [0.5, 0.6) is 0 Å². The predicted molar refractivity (Wildman–Crippen MR) is 59.5 cm³/mol. The van der Waals surface area contributed by atoms with Crippen molar-refractivity contribution < 1.29 is 24.5 Å². The monoisotopic (exact) mass is 245 g/mol. The van der Waals surface area contributed by atoms with E-state index in [0.29, 0.717) is 19.3 Å². The van der Waals surface area contributed by atoms with Gasteiger partial charge in [-0.1, -0.05) is 13.3 Å². The zero-order valence-electron chi connectivity index (χ0n) is 9.89. The minimum Gasteiger partial charge on any atom is -0.479 e. The van der Waals surface area contributed by atoms with E-state index in [-0.39, 0.29) is 12.5 Å². The van der Waals surface area contributed by atoms with E-state index in [4.69, 9.17) is 9.84 Å². The van der Waals surface area contributed by atoms with Gasteiger partial charge in [0, 0.05) is 6.54 Å². The Balaban J connectivity index is 2.27. The maximum Gasteiger partial charge on any atom is 0.332 e. The normalized spacial score (nSPS) is 25.5. The summed E-state index contributed by atoms with van der Waals surface area (Å²) in [6, 6.07) is 0. The van der Waals surface area contributed by atoms with Crippen molar-refractivity contribution in [3.05, 3.63) is 0 Å². The minimum absolute atomic E-state index is 0.185. The Hall–Kier alpha value is -1.14. The quantitative estimate of drug-likeness (QED) is 0.607. The minimum atomic E-state index is -1.04. The van der Waals surface area contributed by atoms with Gasteiger partial charge in [-0.3, -0.25) is 4.79 Å². The third-order valence-electron chi connectivity index (χ3n) is 2.72. The number of aliphatic hydroxyl groups is 1. The second kappa shape index (κ2) is 6.56. The van der Waals surface area contributed by atoms with Crippen molar-refractivity contribution in [1.29, 1.82) is 0 Å². The first-order valence-corrected chi connectivity index (χ1v) is 5.88. The van der Waals surface area contributed by atoms with E-state index in [0.717, 1.165) is 6.42 Å². The van der Waals surface area contributed by atoms with Crippen LogP contribution in [-0.2, 0) is 14.3 Å². The molecule has 1 amide bonds. The summed E-state index contributed by atoms with van der Waals surface area (Å²) in [5, 5.41) is 20.7. The van der Waals surface area contributed by atoms with E-state index >= 15 is 0 Å². The third-order valence-corrected chi connectivity index (χ3v) is 2.72. The number of carboxylic acid groups (broad SMARTS) is 1. The van der Waals surface area contributed by atoms with Crippen LogP contribution in [0.25, 0.3) is 0 Å². The van der Waals surface area contributed by atoms with Crippen LogP contribution in [-0.4, -0.2) is 46.9 Å². The van der Waals surface area contributed by atoms with E-state index < -0.39 is 24.3 Å². The molecule has 3 N–H and O–H groups in total. The number of nitrogens with one attached hydrogen (secondary N) is 1. The lowest BCUT2D eigenvalue weighted by molar-refractivity contribution is -0.151. The van der Waals surface area contributed by atoms with Crippen LogP contribution in [0.15, 0.2) is 0 Å². The Morgan fingerprint density at radius 2 is 2.06 bits per heavy atom. The molecule has 6 heteroatoms. The molecule has 0 aromatic heterocycles. The third kappa shape index (κ3) is 4.32. The summed E-state index contributed by atoms with van der Waals surface area (Å²) < 4.78 is 5.08. The Morgan fingerprint density at radius 1 is 1.41 bits per heavy atom. The maximum atomic E-state index is 11.6. The molecule has 0 spiro atoms. The molecule has 0 bridgehead atoms. The summed E-state index contributed by atoms with van der Waals surface area (Å²) >= 11 is 0. The van der Waals surface area contributed by atoms with Crippen molar-refractivity contribution >= 4 is 11.9 Å². The molecule has 98 valence electrons. The highest BCUT2D eigenvalue weighted by Crippen LogP contribution is 2.19. The predicted octanol–water partition coefficient (Wildman–Crippen LogP) is -0.104. The molecule has 0 aromatic rings. The molecule has 1 fully saturated rings. The largest absolute Gasteiger partial charge is 0.479 e. The number of hydrogen-bond donors (Lipinski definition) is 3. The van der Waals surface area contributed by atoms with Gasteiger partial charge in [-0.15, -0.1) is 0 Å². The van der Waals surface area contributed by atoms with Crippen LogP contribution >= 0.6 is 0 Å². The molecule has 6 nitrogen and oxygen atoms in total. The van der Waals surface area contributed by atoms with Crippen molar-refractivity contribution in [3.8, 4) is 0 Å². The SMILES string of the molecule is CCCC(O)CNC(=O)C1CCC(C(=O)O)O1. The number of amides is 1. The number of carboxylic acids is 1. The number of carbonyl (C=O) groups is 2. The van der Waals surface area contributed by atoms with Crippen LogP contribution in [0.2, 0.25) is 0 Å². The fourth-order valence-electron chi connectivity index (χ4n) is 1.78. The van der Waals surface area contributed by atoms with Crippen molar-refractivity contribution in [2.24, 2.45) is 0 Å². The fourth-order valence-corrected chi connectivity index (χ4v) is 1.78. The number of rotatable bonds is 6. The van der Waals surface area contributed by atoms with E-state index in [1.165, 1.54) is 0 Å². The highest BCUT2D eigenvalue weighted by molar-refractivity contribution is 5.82. The lowest BCUT2D eigenvalue weighted by Gasteiger charge is -2.14. The second-order valence-electron chi connectivity index (χ2n) is 4.22. The fraction of sp³-hybridized carbons (Fsp3) is 0.818. The van der Waals surface area contributed by atoms with Crippen LogP contribution in [0.1, 0.15) is 32.6 Å². The van der Waals surface area contributed by atoms with Gasteiger partial charge in [0.2, 0.25) is 5.91 Å². The van der Waals surface area contributed by atoms with Crippen LogP contribution in [0.3, 0.4) is 0 Å². The van der Waals surface area contributed by atoms with Gasteiger partial charge in [0.1, 0.15) is 6.10 Å². The van der Waals surface area contributed by atoms with E-state index in [1.54, 1.807) is 0 Å². The Morgan fingerprint density at radius 3 is 2.59 bits per heavy atom. The topological polar surface area (TPSA) is 95.9 Å². The molecule has 0 radical (unpaired) electrons. The summed E-state index contributed by atoms with van der Waals surface area (Å²) in [5.41, 5.74) is 0. The molecule has 0 aliphatic carbocycles. The van der Waals surface area contributed by atoms with Gasteiger partial charge in [-0.25, -0.2) is 4.79 Å². The molecule has 3 unspecified atom stereocenters. The lowest BCUT2D eigenvalue weighted by atomic mass is 10.2. The van der Waals surface area contributed by atoms with Gasteiger partial charge < -0.3 is 20.3 Å². The molecule has 1 rings (SSSR count). The molecular formula is C11H19NO5. The van der Waals surface area contributed by atoms with Gasteiger partial charge >= 0.3 is 5.97 Å². The number of aliphatic hydroxyl groups excluding tert-OH is 1. The van der Waals surface area contributed by atoms with Gasteiger partial charge in [0.05, 0.1) is 6.10 Å². The highest BCUT2D eigenvalue weighted by Gasteiger charge is 2.34. The van der Waals surface area contributed by atoms with Gasteiger partial charge in [-0.05, 0) is 19.3 Å². The standard InChI is InChI=1S/C11H19NO5/c1-2-3-7(13)6-12-10(14)8-4-5-9(17-8)11(15)16/h7-9,13H,2-6H2,1H3,(H,12,14)(H,15,16). The van der Waals surface area contributed by atoms with E-state index in [9.17, 15) is 14.7 Å². The Labute approximate surface area is 100.0 Å². The van der Waals surface area contributed by atoms with Gasteiger partial charge in [0.15, 0.2) is 6.10 Å². The molecule has 0 saturated carbocycles. The average molecular weight is 245 g/mol. The Bertz CT molecular complexity index is 281. The molecular weight excluding hydrogens is 226 g/mol. The van der Waals surface area contributed by atoms with Crippen LogP contribution in [0, 0.1) is 0 Å². The molecule has 1 aliphatic rings. The molecule has 3 atom stereocenters. The van der Waals surface area contributed by atoms with Crippen molar-refractivity contribution in [2.45, 2.75) is 50.9 Å². The number of aliphatic carboxylic acids is 1. The molecule has 1 saturated heterocycles. The smallest absolute Gasteiger partial charge is 0.332 e. The van der Waals surface area contributed by atoms with E-state index in [2.05, 4.69) is 5.32 Å². The zero-order chi connectivity index (χ0) is 12.8. The molecule has 1 aliphatic heterocycles. The first kappa shape index (κ1) is 13.9. The van der Waals surface area contributed by atoms with Crippen molar-refractivity contribution in [2.75, 3.05) is 6.54 Å².